The minimum Gasteiger partial charge on any atom is -0.352 e. The highest BCUT2D eigenvalue weighted by Gasteiger charge is 2.34. The van der Waals surface area contributed by atoms with Crippen molar-refractivity contribution in [2.45, 2.75) is 57.0 Å². The Kier molecular flexibility index (Phi) is 6.30. The van der Waals surface area contributed by atoms with Gasteiger partial charge in [-0.2, -0.15) is 0 Å². The zero-order valence-corrected chi connectivity index (χ0v) is 15.7. The molecule has 26 heavy (non-hydrogen) atoms. The minimum absolute atomic E-state index is 0.0123. The molecule has 0 unspecified atom stereocenters. The van der Waals surface area contributed by atoms with E-state index in [2.05, 4.69) is 5.32 Å². The van der Waals surface area contributed by atoms with Crippen molar-refractivity contribution >= 4 is 11.8 Å². The highest BCUT2D eigenvalue weighted by molar-refractivity contribution is 5.94. The molecule has 0 saturated heterocycles. The number of carbonyl (C=O) groups excluding carboxylic acids is 2. The summed E-state index contributed by atoms with van der Waals surface area (Å²) in [4.78, 5) is 26.6. The number of amides is 2. The van der Waals surface area contributed by atoms with Crippen LogP contribution in [0.2, 0.25) is 0 Å². The minimum atomic E-state index is -0.375. The third kappa shape index (κ3) is 4.44. The second kappa shape index (κ2) is 8.67. The molecule has 0 radical (unpaired) electrons. The average Bonchev–Trinajstić information content (AvgIpc) is 2.64. The fourth-order valence-electron chi connectivity index (χ4n) is 4.07. The molecule has 2 aliphatic carbocycles. The second-order valence-electron chi connectivity index (χ2n) is 7.92. The molecular weight excluding hydrogens is 326 g/mol. The fourth-order valence-corrected chi connectivity index (χ4v) is 4.07. The van der Waals surface area contributed by atoms with E-state index in [0.717, 1.165) is 38.5 Å². The van der Waals surface area contributed by atoms with E-state index in [0.29, 0.717) is 24.1 Å². The van der Waals surface area contributed by atoms with Crippen molar-refractivity contribution < 1.29 is 9.59 Å². The molecule has 0 bridgehead atoms. The Morgan fingerprint density at radius 1 is 1.12 bits per heavy atom. The number of carbonyl (C=O) groups is 2. The SMILES string of the molecule is CN(C(=O)[C@@H](N)C1CCC(CNC(=O)c2ccccc2)CC1)C1CCC1. The van der Waals surface area contributed by atoms with Crippen LogP contribution in [0.15, 0.2) is 30.3 Å². The van der Waals surface area contributed by atoms with Crippen LogP contribution >= 0.6 is 0 Å². The molecule has 1 aromatic rings. The molecule has 3 N–H and O–H groups in total. The van der Waals surface area contributed by atoms with Gasteiger partial charge in [-0.25, -0.2) is 0 Å². The fraction of sp³-hybridized carbons (Fsp3) is 0.619. The van der Waals surface area contributed by atoms with Crippen molar-refractivity contribution in [2.75, 3.05) is 13.6 Å². The first-order valence-electron chi connectivity index (χ1n) is 9.91. The van der Waals surface area contributed by atoms with E-state index in [1.165, 1.54) is 6.42 Å². The first-order chi connectivity index (χ1) is 12.6. The molecule has 1 atom stereocenters. The highest BCUT2D eigenvalue weighted by Crippen LogP contribution is 2.31. The summed E-state index contributed by atoms with van der Waals surface area (Å²) in [6.07, 6.45) is 7.43. The maximum Gasteiger partial charge on any atom is 0.251 e. The number of benzene rings is 1. The molecule has 2 fully saturated rings. The van der Waals surface area contributed by atoms with Gasteiger partial charge < -0.3 is 16.0 Å². The summed E-state index contributed by atoms with van der Waals surface area (Å²) >= 11 is 0. The monoisotopic (exact) mass is 357 g/mol. The summed E-state index contributed by atoms with van der Waals surface area (Å²) in [5, 5.41) is 3.04. The average molecular weight is 357 g/mol. The maximum atomic E-state index is 12.6. The first-order valence-corrected chi connectivity index (χ1v) is 9.91. The van der Waals surface area contributed by atoms with E-state index in [1.807, 2.05) is 42.3 Å². The molecule has 0 heterocycles. The molecule has 2 aliphatic rings. The van der Waals surface area contributed by atoms with Crippen molar-refractivity contribution in [3.05, 3.63) is 35.9 Å². The summed E-state index contributed by atoms with van der Waals surface area (Å²) < 4.78 is 0. The molecule has 0 spiro atoms. The van der Waals surface area contributed by atoms with Gasteiger partial charge in [0.1, 0.15) is 0 Å². The Morgan fingerprint density at radius 3 is 2.35 bits per heavy atom. The number of nitrogens with one attached hydrogen (secondary N) is 1. The largest absolute Gasteiger partial charge is 0.352 e. The van der Waals surface area contributed by atoms with Crippen LogP contribution in [-0.2, 0) is 4.79 Å². The van der Waals surface area contributed by atoms with E-state index >= 15 is 0 Å². The molecule has 5 heteroatoms. The lowest BCUT2D eigenvalue weighted by atomic mass is 9.78. The molecule has 0 aromatic heterocycles. The zero-order chi connectivity index (χ0) is 18.5. The molecule has 2 saturated carbocycles. The molecule has 5 nitrogen and oxygen atoms in total. The van der Waals surface area contributed by atoms with Gasteiger partial charge in [-0.3, -0.25) is 9.59 Å². The first kappa shape index (κ1) is 18.9. The second-order valence-corrected chi connectivity index (χ2v) is 7.92. The molecule has 142 valence electrons. The topological polar surface area (TPSA) is 75.4 Å². The number of nitrogens with two attached hydrogens (primary N) is 1. The van der Waals surface area contributed by atoms with E-state index in [1.54, 1.807) is 0 Å². The van der Waals surface area contributed by atoms with Crippen molar-refractivity contribution in [2.24, 2.45) is 17.6 Å². The smallest absolute Gasteiger partial charge is 0.251 e. The number of likely N-dealkylation sites (N-methyl/N-ethyl adjacent to an activating group) is 1. The van der Waals surface area contributed by atoms with Gasteiger partial charge in [0.05, 0.1) is 6.04 Å². The Hall–Kier alpha value is -1.88. The van der Waals surface area contributed by atoms with Crippen molar-refractivity contribution in [3.8, 4) is 0 Å². The number of nitrogens with zero attached hydrogens (tertiary/aromatic N) is 1. The third-order valence-corrected chi connectivity index (χ3v) is 6.24. The summed E-state index contributed by atoms with van der Waals surface area (Å²) in [6.45, 7) is 0.700. The molecule has 0 aliphatic heterocycles. The summed E-state index contributed by atoms with van der Waals surface area (Å²) in [5.74, 6) is 0.842. The summed E-state index contributed by atoms with van der Waals surface area (Å²) in [6, 6.07) is 9.34. The van der Waals surface area contributed by atoms with Crippen LogP contribution in [0.4, 0.5) is 0 Å². The van der Waals surface area contributed by atoms with Gasteiger partial charge in [0.15, 0.2) is 0 Å². The van der Waals surface area contributed by atoms with Gasteiger partial charge in [0.2, 0.25) is 5.91 Å². The van der Waals surface area contributed by atoms with Gasteiger partial charge in [-0.05, 0) is 68.9 Å². The van der Waals surface area contributed by atoms with Crippen molar-refractivity contribution in [3.63, 3.8) is 0 Å². The lowest BCUT2D eigenvalue weighted by molar-refractivity contribution is -0.136. The van der Waals surface area contributed by atoms with Crippen molar-refractivity contribution in [1.29, 1.82) is 0 Å². The standard InChI is InChI=1S/C21H31N3O2/c1-24(18-8-5-9-18)21(26)19(22)16-12-10-15(11-13-16)14-23-20(25)17-6-3-2-4-7-17/h2-4,6-7,15-16,18-19H,5,8-14,22H2,1H3,(H,23,25)/t15?,16?,19-/m0/s1. The van der Waals surface area contributed by atoms with Gasteiger partial charge in [0, 0.05) is 25.2 Å². The van der Waals surface area contributed by atoms with Crippen molar-refractivity contribution in [1.82, 2.24) is 10.2 Å². The summed E-state index contributed by atoms with van der Waals surface area (Å²) in [5.41, 5.74) is 6.99. The lowest BCUT2D eigenvalue weighted by Gasteiger charge is -2.38. The normalized spacial score (nSPS) is 24.4. The lowest BCUT2D eigenvalue weighted by Crippen LogP contribution is -2.52. The number of rotatable bonds is 6. The zero-order valence-electron chi connectivity index (χ0n) is 15.7. The van der Waals surface area contributed by atoms with E-state index in [4.69, 9.17) is 5.73 Å². The Labute approximate surface area is 156 Å². The summed E-state index contributed by atoms with van der Waals surface area (Å²) in [7, 11) is 1.90. The molecule has 3 rings (SSSR count). The van der Waals surface area contributed by atoms with Gasteiger partial charge in [-0.1, -0.05) is 18.2 Å². The van der Waals surface area contributed by atoms with E-state index < -0.39 is 0 Å². The number of hydrogen-bond acceptors (Lipinski definition) is 3. The Balaban J connectivity index is 1.41. The van der Waals surface area contributed by atoms with Gasteiger partial charge >= 0.3 is 0 Å². The van der Waals surface area contributed by atoms with Gasteiger partial charge in [0.25, 0.3) is 5.91 Å². The number of hydrogen-bond donors (Lipinski definition) is 2. The van der Waals surface area contributed by atoms with Crippen LogP contribution in [0, 0.1) is 11.8 Å². The predicted molar refractivity (Wildman–Crippen MR) is 103 cm³/mol. The predicted octanol–water partition coefficient (Wildman–Crippen LogP) is 2.56. The quantitative estimate of drug-likeness (QED) is 0.821. The third-order valence-electron chi connectivity index (χ3n) is 6.24. The maximum absolute atomic E-state index is 12.6. The molecule has 2 amide bonds. The van der Waals surface area contributed by atoms with Crippen LogP contribution in [0.25, 0.3) is 0 Å². The van der Waals surface area contributed by atoms with Gasteiger partial charge in [-0.15, -0.1) is 0 Å². The highest BCUT2D eigenvalue weighted by atomic mass is 16.2. The Bertz CT molecular complexity index is 607. The van der Waals surface area contributed by atoms with Crippen LogP contribution in [0.5, 0.6) is 0 Å². The van der Waals surface area contributed by atoms with Crippen LogP contribution < -0.4 is 11.1 Å². The molecular formula is C21H31N3O2. The Morgan fingerprint density at radius 2 is 1.77 bits per heavy atom. The van der Waals surface area contributed by atoms with E-state index in [9.17, 15) is 9.59 Å². The van der Waals surface area contributed by atoms with E-state index in [-0.39, 0.29) is 23.8 Å². The van der Waals surface area contributed by atoms with Crippen LogP contribution in [0.1, 0.15) is 55.3 Å². The van der Waals surface area contributed by atoms with Crippen LogP contribution in [-0.4, -0.2) is 42.4 Å². The molecule has 1 aromatic carbocycles. The van der Waals surface area contributed by atoms with Crippen LogP contribution in [0.3, 0.4) is 0 Å².